The molecule has 2 N–H and O–H groups in total. The van der Waals surface area contributed by atoms with Crippen molar-refractivity contribution in [3.05, 3.63) is 24.2 Å². The van der Waals surface area contributed by atoms with Crippen LogP contribution in [0.15, 0.2) is 22.7 Å². The molecule has 2 aromatic rings. The Morgan fingerprint density at radius 1 is 1.64 bits per heavy atom. The van der Waals surface area contributed by atoms with Crippen molar-refractivity contribution in [3.8, 4) is 0 Å². The van der Waals surface area contributed by atoms with Crippen LogP contribution in [-0.4, -0.2) is 28.7 Å². The van der Waals surface area contributed by atoms with E-state index in [1.165, 1.54) is 0 Å². The molecule has 5 heteroatoms. The number of aliphatic hydroxyl groups excluding tert-OH is 1. The Balaban J connectivity index is 2.35. The lowest BCUT2D eigenvalue weighted by atomic mass is 10.3. The molecule has 0 saturated heterocycles. The van der Waals surface area contributed by atoms with Crippen LogP contribution < -0.4 is 5.32 Å². The molecule has 0 aromatic carbocycles. The van der Waals surface area contributed by atoms with E-state index in [9.17, 15) is 5.11 Å². The van der Waals surface area contributed by atoms with E-state index in [2.05, 4.69) is 15.3 Å². The van der Waals surface area contributed by atoms with Gasteiger partial charge in [-0.2, -0.15) is 4.98 Å². The number of nitrogens with zero attached hydrogens (tertiary/aromatic N) is 2. The number of fused-ring (bicyclic) bond motifs is 1. The first-order chi connectivity index (χ1) is 6.81. The Bertz CT molecular complexity index is 394. The van der Waals surface area contributed by atoms with Crippen LogP contribution in [0, 0.1) is 0 Å². The van der Waals surface area contributed by atoms with Crippen molar-refractivity contribution in [1.82, 2.24) is 15.3 Å². The third-order valence-corrected chi connectivity index (χ3v) is 1.86. The molecule has 5 nitrogen and oxygen atoms in total. The molecular formula is C9H11N3O2. The van der Waals surface area contributed by atoms with Gasteiger partial charge in [-0.25, -0.2) is 4.98 Å². The number of likely N-dealkylation sites (N-methyl/N-ethyl adjacent to an activating group) is 1. The van der Waals surface area contributed by atoms with E-state index in [0.717, 1.165) is 0 Å². The summed E-state index contributed by atoms with van der Waals surface area (Å²) in [6.07, 6.45) is 0.910. The zero-order valence-electron chi connectivity index (χ0n) is 7.77. The molecule has 0 saturated carbocycles. The molecule has 14 heavy (non-hydrogen) atoms. The summed E-state index contributed by atoms with van der Waals surface area (Å²) in [6, 6.07) is 3.53. The molecule has 0 fully saturated rings. The summed E-state index contributed by atoms with van der Waals surface area (Å²) in [5.74, 6) is 0.299. The van der Waals surface area contributed by atoms with Crippen molar-refractivity contribution in [3.63, 3.8) is 0 Å². The lowest BCUT2D eigenvalue weighted by Crippen LogP contribution is -2.16. The maximum absolute atomic E-state index is 9.58. The quantitative estimate of drug-likeness (QED) is 0.741. The molecule has 2 aromatic heterocycles. The number of pyridine rings is 1. The van der Waals surface area contributed by atoms with E-state index in [4.69, 9.17) is 4.42 Å². The fourth-order valence-electron chi connectivity index (χ4n) is 1.21. The summed E-state index contributed by atoms with van der Waals surface area (Å²) in [5, 5.41) is 12.4. The minimum atomic E-state index is -0.728. The van der Waals surface area contributed by atoms with Gasteiger partial charge in [0.15, 0.2) is 11.2 Å². The largest absolute Gasteiger partial charge is 0.436 e. The van der Waals surface area contributed by atoms with Crippen LogP contribution in [0.1, 0.15) is 12.0 Å². The van der Waals surface area contributed by atoms with Gasteiger partial charge >= 0.3 is 0 Å². The SMILES string of the molecule is CNCC(O)c1nc2ncccc2o1. The van der Waals surface area contributed by atoms with E-state index in [-0.39, 0.29) is 0 Å². The molecular weight excluding hydrogens is 182 g/mol. The number of hydrogen-bond donors (Lipinski definition) is 2. The Hall–Kier alpha value is -1.46. The molecule has 0 aliphatic rings. The number of oxazole rings is 1. The van der Waals surface area contributed by atoms with Gasteiger partial charge in [0.25, 0.3) is 0 Å². The summed E-state index contributed by atoms with van der Waals surface area (Å²) in [6.45, 7) is 0.410. The van der Waals surface area contributed by atoms with E-state index < -0.39 is 6.10 Å². The molecule has 0 aliphatic heterocycles. The second kappa shape index (κ2) is 3.73. The molecule has 0 bridgehead atoms. The highest BCUT2D eigenvalue weighted by atomic mass is 16.4. The van der Waals surface area contributed by atoms with Crippen molar-refractivity contribution in [2.24, 2.45) is 0 Å². The van der Waals surface area contributed by atoms with E-state index in [1.807, 2.05) is 0 Å². The predicted octanol–water partition coefficient (Wildman–Crippen LogP) is 0.476. The molecule has 0 spiro atoms. The van der Waals surface area contributed by atoms with Crippen molar-refractivity contribution >= 4 is 11.2 Å². The molecule has 1 atom stereocenters. The van der Waals surface area contributed by atoms with Crippen LogP contribution in [0.5, 0.6) is 0 Å². The van der Waals surface area contributed by atoms with Crippen LogP contribution in [0.4, 0.5) is 0 Å². The lowest BCUT2D eigenvalue weighted by Gasteiger charge is -2.03. The van der Waals surface area contributed by atoms with Gasteiger partial charge in [0.2, 0.25) is 5.89 Å². The summed E-state index contributed by atoms with van der Waals surface area (Å²) in [4.78, 5) is 8.07. The molecule has 2 rings (SSSR count). The van der Waals surface area contributed by atoms with Gasteiger partial charge in [-0.05, 0) is 19.2 Å². The number of nitrogens with one attached hydrogen (secondary N) is 1. The zero-order chi connectivity index (χ0) is 9.97. The fraction of sp³-hybridized carbons (Fsp3) is 0.333. The third-order valence-electron chi connectivity index (χ3n) is 1.86. The molecule has 1 unspecified atom stereocenters. The second-order valence-electron chi connectivity index (χ2n) is 2.95. The fourth-order valence-corrected chi connectivity index (χ4v) is 1.21. The number of hydrogen-bond acceptors (Lipinski definition) is 5. The van der Waals surface area contributed by atoms with Crippen LogP contribution in [0.3, 0.4) is 0 Å². The van der Waals surface area contributed by atoms with Gasteiger partial charge in [0, 0.05) is 12.7 Å². The maximum atomic E-state index is 9.58. The standard InChI is InChI=1S/C9H11N3O2/c1-10-5-6(13)9-12-8-7(14-9)3-2-4-11-8/h2-4,6,10,13H,5H2,1H3. The monoisotopic (exact) mass is 193 g/mol. The van der Waals surface area contributed by atoms with Gasteiger partial charge in [-0.15, -0.1) is 0 Å². The van der Waals surface area contributed by atoms with Crippen molar-refractivity contribution in [1.29, 1.82) is 0 Å². The number of aliphatic hydroxyl groups is 1. The molecule has 74 valence electrons. The summed E-state index contributed by atoms with van der Waals surface area (Å²) < 4.78 is 5.32. The average Bonchev–Trinajstić information content (AvgIpc) is 2.61. The van der Waals surface area contributed by atoms with Crippen molar-refractivity contribution in [2.75, 3.05) is 13.6 Å². The van der Waals surface area contributed by atoms with Gasteiger partial charge < -0.3 is 14.8 Å². The topological polar surface area (TPSA) is 71.2 Å². The van der Waals surface area contributed by atoms with Crippen molar-refractivity contribution in [2.45, 2.75) is 6.10 Å². The first-order valence-corrected chi connectivity index (χ1v) is 4.35. The zero-order valence-corrected chi connectivity index (χ0v) is 7.77. The number of rotatable bonds is 3. The molecule has 2 heterocycles. The van der Waals surface area contributed by atoms with Crippen LogP contribution >= 0.6 is 0 Å². The highest BCUT2D eigenvalue weighted by molar-refractivity contribution is 5.66. The summed E-state index contributed by atoms with van der Waals surface area (Å²) >= 11 is 0. The minimum absolute atomic E-state index is 0.299. The molecule has 0 aliphatic carbocycles. The summed E-state index contributed by atoms with van der Waals surface area (Å²) in [7, 11) is 1.75. The third kappa shape index (κ3) is 1.59. The van der Waals surface area contributed by atoms with Gasteiger partial charge in [0.05, 0.1) is 0 Å². The highest BCUT2D eigenvalue weighted by Gasteiger charge is 2.14. The van der Waals surface area contributed by atoms with E-state index in [1.54, 1.807) is 25.4 Å². The van der Waals surface area contributed by atoms with Crippen LogP contribution in [0.2, 0.25) is 0 Å². The van der Waals surface area contributed by atoms with Crippen LogP contribution in [-0.2, 0) is 0 Å². The van der Waals surface area contributed by atoms with Crippen LogP contribution in [0.25, 0.3) is 11.2 Å². The Labute approximate surface area is 80.8 Å². The second-order valence-corrected chi connectivity index (χ2v) is 2.95. The van der Waals surface area contributed by atoms with E-state index >= 15 is 0 Å². The molecule has 0 amide bonds. The Morgan fingerprint density at radius 2 is 2.50 bits per heavy atom. The first kappa shape index (κ1) is 9.11. The smallest absolute Gasteiger partial charge is 0.227 e. The predicted molar refractivity (Wildman–Crippen MR) is 50.7 cm³/mol. The Kier molecular flexibility index (Phi) is 2.43. The average molecular weight is 193 g/mol. The van der Waals surface area contributed by atoms with E-state index in [0.29, 0.717) is 23.7 Å². The van der Waals surface area contributed by atoms with Crippen molar-refractivity contribution < 1.29 is 9.52 Å². The first-order valence-electron chi connectivity index (χ1n) is 4.35. The normalized spacial score (nSPS) is 13.3. The maximum Gasteiger partial charge on any atom is 0.227 e. The molecule has 0 radical (unpaired) electrons. The minimum Gasteiger partial charge on any atom is -0.436 e. The van der Waals surface area contributed by atoms with Gasteiger partial charge in [0.1, 0.15) is 6.10 Å². The Morgan fingerprint density at radius 3 is 3.21 bits per heavy atom. The van der Waals surface area contributed by atoms with Gasteiger partial charge in [-0.1, -0.05) is 0 Å². The lowest BCUT2D eigenvalue weighted by molar-refractivity contribution is 0.146. The number of aromatic nitrogens is 2. The highest BCUT2D eigenvalue weighted by Crippen LogP contribution is 2.17. The summed E-state index contributed by atoms with van der Waals surface area (Å²) in [5.41, 5.74) is 1.12. The van der Waals surface area contributed by atoms with Gasteiger partial charge in [-0.3, -0.25) is 0 Å².